The number of nitriles is 1. The fourth-order valence-electron chi connectivity index (χ4n) is 6.84. The molecule has 0 spiro atoms. The molecule has 3 N–H and O–H groups in total. The Bertz CT molecular complexity index is 2070. The Labute approximate surface area is 308 Å². The van der Waals surface area contributed by atoms with Crippen LogP contribution in [-0.4, -0.2) is 70.8 Å². The van der Waals surface area contributed by atoms with Crippen LogP contribution in [0.3, 0.4) is 0 Å². The molecule has 280 valence electrons. The van der Waals surface area contributed by atoms with E-state index in [1.807, 2.05) is 24.3 Å². The normalized spacial score (nSPS) is 14.7. The maximum Gasteiger partial charge on any atom is 0.362 e. The molecule has 15 heteroatoms. The van der Waals surface area contributed by atoms with E-state index < -0.39 is 13.2 Å². The van der Waals surface area contributed by atoms with Crippen molar-refractivity contribution in [2.75, 3.05) is 43.1 Å². The zero-order valence-corrected chi connectivity index (χ0v) is 30.7. The van der Waals surface area contributed by atoms with Crippen molar-refractivity contribution in [2.24, 2.45) is 0 Å². The molecule has 0 saturated heterocycles. The van der Waals surface area contributed by atoms with Crippen LogP contribution in [0.15, 0.2) is 51.8 Å². The molecule has 2 aromatic carbocycles. The number of amides is 2. The predicted octanol–water partition coefficient (Wildman–Crippen LogP) is 5.66. The zero-order chi connectivity index (χ0) is 37.2. The van der Waals surface area contributed by atoms with Crippen LogP contribution in [0.1, 0.15) is 75.3 Å². The molecule has 0 fully saturated rings. The minimum atomic E-state index is -3.12. The Morgan fingerprint density at radius 3 is 2.57 bits per heavy atom. The molecule has 2 aromatic heterocycles. The minimum absolute atomic E-state index is 0.0922. The summed E-state index contributed by atoms with van der Waals surface area (Å²) in [5.74, 6) is -0.279. The Hall–Kier alpha value is -4.80. The Morgan fingerprint density at radius 2 is 1.75 bits per heavy atom. The van der Waals surface area contributed by atoms with Gasteiger partial charge in [0, 0.05) is 60.4 Å². The van der Waals surface area contributed by atoms with Gasteiger partial charge in [0.25, 0.3) is 0 Å². The maximum atomic E-state index is 13.2. The molecule has 2 amide bonds. The number of rotatable bonds is 18. The SMILES string of the molecule is C=P(O)(OCCC#N)OCCCCCCNC(=O)CCCC(=O)Nc1ccc(-c2cn(-c3cc4cc5c6c(c4oc3=O)CCCN6CCC5)nn2)cc1. The number of aromatic nitrogens is 3. The predicted molar refractivity (Wildman–Crippen MR) is 204 cm³/mol. The van der Waals surface area contributed by atoms with Crippen molar-refractivity contribution in [1.82, 2.24) is 20.3 Å². The maximum absolute atomic E-state index is 13.2. The lowest BCUT2D eigenvalue weighted by atomic mass is 9.90. The first-order valence-corrected chi connectivity index (χ1v) is 20.1. The Balaban J connectivity index is 0.910. The lowest BCUT2D eigenvalue weighted by Gasteiger charge is -2.37. The van der Waals surface area contributed by atoms with Crippen molar-refractivity contribution in [2.45, 2.75) is 77.0 Å². The molecule has 0 bridgehead atoms. The van der Waals surface area contributed by atoms with Gasteiger partial charge >= 0.3 is 5.63 Å². The number of fused-ring (bicyclic) bond motifs is 2. The first kappa shape index (κ1) is 37.9. The summed E-state index contributed by atoms with van der Waals surface area (Å²) in [6.07, 6.45) is 13.6. The van der Waals surface area contributed by atoms with E-state index in [0.717, 1.165) is 81.0 Å². The molecular weight excluding hydrogens is 697 g/mol. The second-order valence-corrected chi connectivity index (χ2v) is 15.2. The topological polar surface area (TPSA) is 185 Å². The summed E-state index contributed by atoms with van der Waals surface area (Å²) in [5.41, 5.74) is 6.16. The van der Waals surface area contributed by atoms with E-state index in [2.05, 4.69) is 38.2 Å². The highest BCUT2D eigenvalue weighted by molar-refractivity contribution is 7.58. The van der Waals surface area contributed by atoms with Crippen molar-refractivity contribution in [3.05, 3.63) is 64.1 Å². The second-order valence-electron chi connectivity index (χ2n) is 13.4. The van der Waals surface area contributed by atoms with Gasteiger partial charge in [-0.05, 0) is 81.1 Å². The molecule has 4 heterocycles. The van der Waals surface area contributed by atoms with Gasteiger partial charge in [-0.25, -0.2) is 9.48 Å². The number of benzene rings is 2. The van der Waals surface area contributed by atoms with Gasteiger partial charge in [0.1, 0.15) is 11.3 Å². The zero-order valence-electron chi connectivity index (χ0n) is 29.8. The third kappa shape index (κ3) is 10.00. The van der Waals surface area contributed by atoms with Crippen LogP contribution in [0.2, 0.25) is 0 Å². The molecule has 1 atom stereocenters. The van der Waals surface area contributed by atoms with Crippen LogP contribution >= 0.6 is 7.57 Å². The van der Waals surface area contributed by atoms with Gasteiger partial charge < -0.3 is 33.9 Å². The molecule has 53 heavy (non-hydrogen) atoms. The largest absolute Gasteiger partial charge is 0.421 e. The summed E-state index contributed by atoms with van der Waals surface area (Å²) in [4.78, 5) is 50.3. The summed E-state index contributed by atoms with van der Waals surface area (Å²) >= 11 is 0. The summed E-state index contributed by atoms with van der Waals surface area (Å²) in [5, 5.41) is 23.7. The van der Waals surface area contributed by atoms with E-state index in [1.165, 1.54) is 15.9 Å². The number of carbonyl (C=O) groups excluding carboxylic acids is 2. The third-order valence-corrected chi connectivity index (χ3v) is 10.6. The smallest absolute Gasteiger partial charge is 0.362 e. The number of nitrogens with zero attached hydrogens (tertiary/aromatic N) is 5. The van der Waals surface area contributed by atoms with Gasteiger partial charge in [-0.3, -0.25) is 9.59 Å². The molecular formula is C38H46N7O7P. The Morgan fingerprint density at radius 1 is 1.00 bits per heavy atom. The molecule has 1 unspecified atom stereocenters. The highest BCUT2D eigenvalue weighted by Crippen LogP contribution is 2.43. The first-order chi connectivity index (χ1) is 25.7. The summed E-state index contributed by atoms with van der Waals surface area (Å²) in [6.45, 7) is 3.04. The lowest BCUT2D eigenvalue weighted by molar-refractivity contribution is -0.121. The third-order valence-electron chi connectivity index (χ3n) is 9.40. The molecule has 4 aromatic rings. The van der Waals surface area contributed by atoms with E-state index in [-0.39, 0.29) is 37.7 Å². The van der Waals surface area contributed by atoms with E-state index in [4.69, 9.17) is 18.7 Å². The van der Waals surface area contributed by atoms with Crippen molar-refractivity contribution < 1.29 is 27.9 Å². The summed E-state index contributed by atoms with van der Waals surface area (Å²) in [7, 11) is -3.12. The number of hydrogen-bond donors (Lipinski definition) is 3. The van der Waals surface area contributed by atoms with Gasteiger partial charge in [0.05, 0.1) is 31.9 Å². The number of unbranched alkanes of at least 4 members (excludes halogenated alkanes) is 3. The number of nitrogens with one attached hydrogen (secondary N) is 2. The van der Waals surface area contributed by atoms with E-state index in [1.54, 1.807) is 18.3 Å². The van der Waals surface area contributed by atoms with Gasteiger partial charge in [0.2, 0.25) is 19.4 Å². The van der Waals surface area contributed by atoms with E-state index >= 15 is 0 Å². The van der Waals surface area contributed by atoms with Gasteiger partial charge in [-0.15, -0.1) is 5.10 Å². The van der Waals surface area contributed by atoms with Crippen molar-refractivity contribution in [3.63, 3.8) is 0 Å². The van der Waals surface area contributed by atoms with Gasteiger partial charge in [-0.2, -0.15) is 5.26 Å². The molecule has 0 aliphatic carbocycles. The van der Waals surface area contributed by atoms with Crippen LogP contribution in [0.25, 0.3) is 27.9 Å². The van der Waals surface area contributed by atoms with Gasteiger partial charge in [-0.1, -0.05) is 30.2 Å². The molecule has 14 nitrogen and oxygen atoms in total. The summed E-state index contributed by atoms with van der Waals surface area (Å²) in [6, 6.07) is 13.1. The molecule has 0 radical (unpaired) electrons. The van der Waals surface area contributed by atoms with Crippen molar-refractivity contribution in [1.29, 1.82) is 5.26 Å². The first-order valence-electron chi connectivity index (χ1n) is 18.3. The number of carbonyl (C=O) groups is 2. The number of hydrogen-bond acceptors (Lipinski definition) is 11. The Kier molecular flexibility index (Phi) is 12.8. The van der Waals surface area contributed by atoms with Crippen LogP contribution < -0.4 is 21.2 Å². The molecule has 2 aliphatic rings. The fourth-order valence-corrected chi connectivity index (χ4v) is 7.71. The highest BCUT2D eigenvalue weighted by atomic mass is 31.2. The van der Waals surface area contributed by atoms with Crippen LogP contribution in [0, 0.1) is 11.3 Å². The van der Waals surface area contributed by atoms with Crippen LogP contribution in [-0.2, 0) is 31.5 Å². The van der Waals surface area contributed by atoms with Crippen molar-refractivity contribution >= 4 is 48.0 Å². The summed E-state index contributed by atoms with van der Waals surface area (Å²) < 4.78 is 17.8. The highest BCUT2D eigenvalue weighted by Gasteiger charge is 2.27. The van der Waals surface area contributed by atoms with Crippen LogP contribution in [0.4, 0.5) is 11.4 Å². The molecule has 0 saturated carbocycles. The minimum Gasteiger partial charge on any atom is -0.421 e. The quantitative estimate of drug-likeness (QED) is 0.0649. The molecule has 6 rings (SSSR count). The number of anilines is 2. The average molecular weight is 744 g/mol. The second kappa shape index (κ2) is 17.8. The fraction of sp³-hybridized carbons (Fsp3) is 0.447. The average Bonchev–Trinajstić information content (AvgIpc) is 3.63. The van der Waals surface area contributed by atoms with E-state index in [0.29, 0.717) is 42.2 Å². The van der Waals surface area contributed by atoms with Crippen molar-refractivity contribution in [3.8, 4) is 23.0 Å². The lowest BCUT2D eigenvalue weighted by Crippen LogP contribution is -2.34. The van der Waals surface area contributed by atoms with Gasteiger partial charge in [0.15, 0.2) is 5.69 Å². The number of aryl methyl sites for hydroxylation is 2. The monoisotopic (exact) mass is 743 g/mol. The molecule has 2 aliphatic heterocycles. The standard InChI is InChI=1S/C38H46N7O7P/c1-53(49,51-23-9-18-39)50-22-5-3-2-4-19-40-34(46)12-6-13-35(47)41-30-16-14-27(15-17-30)32-26-45(43-42-32)33-25-29-24-28-10-7-20-44-21-8-11-31(36(28)44)37(29)52-38(33)48/h14-17,24-26,49H,1-13,19-23H2,(H,40,46)(H,41,47). The van der Waals surface area contributed by atoms with Crippen LogP contribution in [0.5, 0.6) is 0 Å². The van der Waals surface area contributed by atoms with E-state index in [9.17, 15) is 19.3 Å².